The Morgan fingerprint density at radius 2 is 1.88 bits per heavy atom. The maximum atomic E-state index is 13.6. The fourth-order valence-electron chi connectivity index (χ4n) is 4.33. The lowest BCUT2D eigenvalue weighted by Gasteiger charge is -2.25. The summed E-state index contributed by atoms with van der Waals surface area (Å²) < 4.78 is 17.5. The molecule has 0 aliphatic carbocycles. The molecule has 0 saturated carbocycles. The van der Waals surface area contributed by atoms with Crippen LogP contribution in [0.5, 0.6) is 11.5 Å². The molecule has 0 radical (unpaired) electrons. The highest BCUT2D eigenvalue weighted by Gasteiger charge is 2.42. The van der Waals surface area contributed by atoms with Gasteiger partial charge in [0.2, 0.25) is 5.76 Å². The molecule has 3 aromatic rings. The third-order valence-corrected chi connectivity index (χ3v) is 6.04. The van der Waals surface area contributed by atoms with E-state index in [1.807, 2.05) is 44.2 Å². The molecule has 1 aliphatic heterocycles. The van der Waals surface area contributed by atoms with Gasteiger partial charge in [-0.2, -0.15) is 0 Å². The van der Waals surface area contributed by atoms with Crippen molar-refractivity contribution in [1.29, 1.82) is 0 Å². The van der Waals surface area contributed by atoms with E-state index in [4.69, 9.17) is 13.9 Å². The number of carbonyl (C=O) groups is 1. The van der Waals surface area contributed by atoms with E-state index < -0.39 is 6.04 Å². The molecular weight excluding hydrogens is 418 g/mol. The van der Waals surface area contributed by atoms with Crippen LogP contribution >= 0.6 is 0 Å². The van der Waals surface area contributed by atoms with Gasteiger partial charge in [-0.1, -0.05) is 38.5 Å². The summed E-state index contributed by atoms with van der Waals surface area (Å²) >= 11 is 0. The number of rotatable bonds is 8. The molecule has 0 spiro atoms. The monoisotopic (exact) mass is 449 g/mol. The zero-order valence-corrected chi connectivity index (χ0v) is 19.9. The Hall–Kier alpha value is -3.28. The van der Waals surface area contributed by atoms with Gasteiger partial charge in [0.1, 0.15) is 5.58 Å². The van der Waals surface area contributed by atoms with Crippen molar-refractivity contribution in [2.45, 2.75) is 46.6 Å². The first-order valence-corrected chi connectivity index (χ1v) is 11.5. The van der Waals surface area contributed by atoms with Crippen LogP contribution in [0.4, 0.5) is 0 Å². The molecule has 1 amide bonds. The molecule has 0 N–H and O–H groups in total. The molecule has 1 aromatic heterocycles. The van der Waals surface area contributed by atoms with Gasteiger partial charge in [-0.3, -0.25) is 9.59 Å². The summed E-state index contributed by atoms with van der Waals surface area (Å²) in [5.74, 6) is 1.64. The Morgan fingerprint density at radius 3 is 2.58 bits per heavy atom. The van der Waals surface area contributed by atoms with Gasteiger partial charge >= 0.3 is 0 Å². The number of benzene rings is 2. The molecule has 0 unspecified atom stereocenters. The molecule has 4 rings (SSSR count). The molecule has 1 aliphatic rings. The van der Waals surface area contributed by atoms with E-state index in [2.05, 4.69) is 13.8 Å². The second-order valence-electron chi connectivity index (χ2n) is 9.02. The van der Waals surface area contributed by atoms with Crippen molar-refractivity contribution < 1.29 is 18.7 Å². The van der Waals surface area contributed by atoms with E-state index in [1.165, 1.54) is 0 Å². The number of amides is 1. The molecule has 6 heteroatoms. The van der Waals surface area contributed by atoms with Crippen molar-refractivity contribution in [2.24, 2.45) is 5.92 Å². The van der Waals surface area contributed by atoms with Gasteiger partial charge in [-0.25, -0.2) is 0 Å². The van der Waals surface area contributed by atoms with Gasteiger partial charge in [0.25, 0.3) is 5.91 Å². The summed E-state index contributed by atoms with van der Waals surface area (Å²) in [7, 11) is 1.59. The summed E-state index contributed by atoms with van der Waals surface area (Å²) in [6, 6.07) is 10.5. The Kier molecular flexibility index (Phi) is 6.45. The van der Waals surface area contributed by atoms with Gasteiger partial charge < -0.3 is 18.8 Å². The van der Waals surface area contributed by atoms with E-state index in [0.717, 1.165) is 24.0 Å². The quantitative estimate of drug-likeness (QED) is 0.455. The lowest BCUT2D eigenvalue weighted by atomic mass is 9.97. The highest BCUT2D eigenvalue weighted by Crippen LogP contribution is 2.41. The van der Waals surface area contributed by atoms with E-state index in [-0.39, 0.29) is 17.1 Å². The van der Waals surface area contributed by atoms with Gasteiger partial charge in [0.05, 0.1) is 30.7 Å². The van der Waals surface area contributed by atoms with Crippen molar-refractivity contribution in [3.63, 3.8) is 0 Å². The third kappa shape index (κ3) is 4.22. The second kappa shape index (κ2) is 9.30. The molecule has 174 valence electrons. The molecular formula is C27H31NO5. The number of hydrogen-bond donors (Lipinski definition) is 0. The first kappa shape index (κ1) is 22.9. The lowest BCUT2D eigenvalue weighted by Crippen LogP contribution is -2.30. The number of fused-ring (bicyclic) bond motifs is 2. The number of carbonyl (C=O) groups excluding carboxylic acids is 1. The zero-order valence-electron chi connectivity index (χ0n) is 19.9. The molecule has 33 heavy (non-hydrogen) atoms. The normalized spacial score (nSPS) is 15.4. The summed E-state index contributed by atoms with van der Waals surface area (Å²) in [6.45, 7) is 9.34. The maximum absolute atomic E-state index is 13.6. The average molecular weight is 450 g/mol. The third-order valence-electron chi connectivity index (χ3n) is 6.04. The number of methoxy groups -OCH3 is 1. The van der Waals surface area contributed by atoms with Crippen LogP contribution in [0.1, 0.15) is 66.9 Å². The van der Waals surface area contributed by atoms with Crippen LogP contribution in [-0.2, 0) is 0 Å². The van der Waals surface area contributed by atoms with E-state index >= 15 is 0 Å². The Bertz CT molecular complexity index is 1240. The predicted octanol–water partition coefficient (Wildman–Crippen LogP) is 5.49. The van der Waals surface area contributed by atoms with Crippen molar-refractivity contribution in [3.05, 3.63) is 69.1 Å². The maximum Gasteiger partial charge on any atom is 0.290 e. The molecule has 1 atom stereocenters. The first-order chi connectivity index (χ1) is 15.8. The van der Waals surface area contributed by atoms with Crippen molar-refractivity contribution in [2.75, 3.05) is 20.3 Å². The Morgan fingerprint density at radius 1 is 1.09 bits per heavy atom. The van der Waals surface area contributed by atoms with Crippen LogP contribution in [0.25, 0.3) is 11.0 Å². The number of nitrogens with zero attached hydrogens (tertiary/aromatic N) is 1. The topological polar surface area (TPSA) is 69.0 Å². The van der Waals surface area contributed by atoms with Crippen molar-refractivity contribution >= 4 is 16.9 Å². The Balaban J connectivity index is 1.83. The molecule has 0 bridgehead atoms. The Labute approximate surface area is 194 Å². The van der Waals surface area contributed by atoms with Crippen LogP contribution in [0.15, 0.2) is 45.6 Å². The van der Waals surface area contributed by atoms with E-state index in [9.17, 15) is 9.59 Å². The van der Waals surface area contributed by atoms with Crippen LogP contribution in [0.2, 0.25) is 0 Å². The molecule has 0 saturated heterocycles. The minimum Gasteiger partial charge on any atom is -0.493 e. The standard InChI is InChI=1S/C27H31NO5/c1-6-12-28-24(18-8-10-21(22(15-18)31-5)32-13-11-16(2)3)23-25(29)19-14-17(4)7-9-20(19)33-26(23)27(28)30/h7-10,14-16,24H,6,11-13H2,1-5H3/t24-/m1/s1. The van der Waals surface area contributed by atoms with E-state index in [1.54, 1.807) is 18.1 Å². The first-order valence-electron chi connectivity index (χ1n) is 11.5. The summed E-state index contributed by atoms with van der Waals surface area (Å²) in [4.78, 5) is 28.6. The fourth-order valence-corrected chi connectivity index (χ4v) is 4.33. The van der Waals surface area contributed by atoms with Crippen LogP contribution in [-0.4, -0.2) is 31.1 Å². The minimum absolute atomic E-state index is 0.131. The van der Waals surface area contributed by atoms with Gasteiger partial charge in [0.15, 0.2) is 16.9 Å². The molecule has 2 aromatic carbocycles. The summed E-state index contributed by atoms with van der Waals surface area (Å²) in [5, 5.41) is 0.491. The molecule has 2 heterocycles. The van der Waals surface area contributed by atoms with E-state index in [0.29, 0.717) is 47.1 Å². The second-order valence-corrected chi connectivity index (χ2v) is 9.02. The summed E-state index contributed by atoms with van der Waals surface area (Å²) in [5.41, 5.74) is 2.42. The zero-order chi connectivity index (χ0) is 23.7. The minimum atomic E-state index is -0.535. The fraction of sp³-hybridized carbons (Fsp3) is 0.407. The highest BCUT2D eigenvalue weighted by molar-refractivity contribution is 5.99. The van der Waals surface area contributed by atoms with Crippen LogP contribution in [0, 0.1) is 12.8 Å². The van der Waals surface area contributed by atoms with Crippen LogP contribution in [0.3, 0.4) is 0 Å². The smallest absolute Gasteiger partial charge is 0.290 e. The van der Waals surface area contributed by atoms with Gasteiger partial charge in [-0.05, 0) is 55.5 Å². The van der Waals surface area contributed by atoms with Crippen molar-refractivity contribution in [3.8, 4) is 11.5 Å². The van der Waals surface area contributed by atoms with Crippen LogP contribution < -0.4 is 14.9 Å². The number of hydrogen-bond acceptors (Lipinski definition) is 5. The summed E-state index contributed by atoms with van der Waals surface area (Å²) in [6.07, 6.45) is 1.70. The van der Waals surface area contributed by atoms with Gasteiger partial charge in [-0.15, -0.1) is 0 Å². The highest BCUT2D eigenvalue weighted by atomic mass is 16.5. The molecule has 6 nitrogen and oxygen atoms in total. The van der Waals surface area contributed by atoms with Crippen molar-refractivity contribution in [1.82, 2.24) is 4.90 Å². The largest absolute Gasteiger partial charge is 0.493 e. The average Bonchev–Trinajstić information content (AvgIpc) is 3.06. The number of ether oxygens (including phenoxy) is 2. The molecule has 0 fully saturated rings. The van der Waals surface area contributed by atoms with Gasteiger partial charge in [0, 0.05) is 6.54 Å². The predicted molar refractivity (Wildman–Crippen MR) is 128 cm³/mol. The lowest BCUT2D eigenvalue weighted by molar-refractivity contribution is 0.0728. The number of aryl methyl sites for hydroxylation is 1. The SMILES string of the molecule is CCCN1C(=O)c2oc3ccc(C)cc3c(=O)c2[C@H]1c1ccc(OCCC(C)C)c(OC)c1.